The van der Waals surface area contributed by atoms with E-state index in [0.29, 0.717) is 22.8 Å². The molecule has 3 amide bonds. The Morgan fingerprint density at radius 3 is 2.31 bits per heavy atom. The van der Waals surface area contributed by atoms with Crippen LogP contribution >= 0.6 is 23.5 Å². The molecule has 11 nitrogen and oxygen atoms in total. The van der Waals surface area contributed by atoms with E-state index in [4.69, 9.17) is 4.74 Å². The van der Waals surface area contributed by atoms with E-state index in [1.165, 1.54) is 16.7 Å². The summed E-state index contributed by atoms with van der Waals surface area (Å²) < 4.78 is 5.90. The van der Waals surface area contributed by atoms with Gasteiger partial charge < -0.3 is 25.4 Å². The Balaban J connectivity index is 1.05. The lowest BCUT2D eigenvalue weighted by atomic mass is 9.98. The van der Waals surface area contributed by atoms with Gasteiger partial charge >= 0.3 is 12.1 Å². The van der Waals surface area contributed by atoms with Crippen LogP contribution in [0.15, 0.2) is 112 Å². The Morgan fingerprint density at radius 1 is 0.922 bits per heavy atom. The topological polar surface area (TPSA) is 132 Å². The number of nitrogens with zero attached hydrogens (tertiary/aromatic N) is 3. The second-order valence-corrected chi connectivity index (χ2v) is 14.7. The number of benzene rings is 4. The Labute approximate surface area is 303 Å². The van der Waals surface area contributed by atoms with Gasteiger partial charge in [-0.05, 0) is 71.7 Å². The minimum Gasteiger partial charge on any atom is -0.477 e. The Hall–Kier alpha value is -5.40. The lowest BCUT2D eigenvalue weighted by molar-refractivity contribution is -0.150. The molecule has 51 heavy (non-hydrogen) atoms. The first-order chi connectivity index (χ1) is 24.6. The first-order valence-electron chi connectivity index (χ1n) is 16.3. The summed E-state index contributed by atoms with van der Waals surface area (Å²) in [6, 6.07) is 27.1. The van der Waals surface area contributed by atoms with Crippen molar-refractivity contribution < 1.29 is 29.0 Å². The van der Waals surface area contributed by atoms with Crippen LogP contribution < -0.4 is 25.2 Å². The molecule has 7 rings (SSSR count). The van der Waals surface area contributed by atoms with E-state index < -0.39 is 29.4 Å². The molecule has 0 unspecified atom stereocenters. The molecule has 3 aliphatic rings. The summed E-state index contributed by atoms with van der Waals surface area (Å²) in [5.74, 6) is -1.21. The fourth-order valence-corrected chi connectivity index (χ4v) is 8.80. The third-order valence-corrected chi connectivity index (χ3v) is 11.3. The first kappa shape index (κ1) is 34.1. The fourth-order valence-electron chi connectivity index (χ4n) is 6.32. The van der Waals surface area contributed by atoms with Crippen molar-refractivity contribution in [2.75, 3.05) is 42.0 Å². The number of thioether (sulfide) groups is 1. The summed E-state index contributed by atoms with van der Waals surface area (Å²) in [7, 11) is 5.79. The van der Waals surface area contributed by atoms with Gasteiger partial charge in [-0.15, -0.1) is 11.8 Å². The molecule has 13 heteroatoms. The van der Waals surface area contributed by atoms with Crippen molar-refractivity contribution in [3.05, 3.63) is 113 Å². The zero-order chi connectivity index (χ0) is 35.8. The lowest BCUT2D eigenvalue weighted by Gasteiger charge is -2.49. The molecular weight excluding hydrogens is 687 g/mol. The third kappa shape index (κ3) is 6.74. The molecule has 4 aromatic carbocycles. The number of aliphatic carboxylic acids is 1. The van der Waals surface area contributed by atoms with Gasteiger partial charge in [0.05, 0.1) is 17.8 Å². The van der Waals surface area contributed by atoms with Crippen molar-refractivity contribution in [2.24, 2.45) is 0 Å². The molecule has 3 heterocycles. The highest BCUT2D eigenvalue weighted by atomic mass is 32.2. The van der Waals surface area contributed by atoms with Crippen molar-refractivity contribution in [1.29, 1.82) is 0 Å². The normalized spacial score (nSPS) is 17.4. The molecule has 0 radical (unpaired) electrons. The highest BCUT2D eigenvalue weighted by Gasteiger charge is 2.54. The number of fused-ring (bicyclic) bond motifs is 3. The minimum atomic E-state index is -1.19. The van der Waals surface area contributed by atoms with Crippen LogP contribution in [0.25, 0.3) is 0 Å². The van der Waals surface area contributed by atoms with Crippen LogP contribution in [0, 0.1) is 0 Å². The average Bonchev–Trinajstić information content (AvgIpc) is 3.13. The molecule has 3 aliphatic heterocycles. The quantitative estimate of drug-likeness (QED) is 0.174. The van der Waals surface area contributed by atoms with Crippen LogP contribution in [0.5, 0.6) is 5.75 Å². The molecule has 0 spiro atoms. The molecule has 0 saturated carbocycles. The summed E-state index contributed by atoms with van der Waals surface area (Å²) in [6.07, 6.45) is -0.142. The van der Waals surface area contributed by atoms with Crippen molar-refractivity contribution in [1.82, 2.24) is 10.2 Å². The van der Waals surface area contributed by atoms with Crippen LogP contribution in [-0.2, 0) is 27.2 Å². The van der Waals surface area contributed by atoms with Gasteiger partial charge in [-0.1, -0.05) is 54.2 Å². The van der Waals surface area contributed by atoms with E-state index in [2.05, 4.69) is 10.6 Å². The molecule has 0 aromatic heterocycles. The average molecular weight is 722 g/mol. The number of carboxylic acids is 1. The monoisotopic (exact) mass is 721 g/mol. The molecular formula is C38H35N5O6S2. The van der Waals surface area contributed by atoms with Crippen LogP contribution in [0.4, 0.5) is 27.5 Å². The molecule has 4 aromatic rings. The first-order valence-corrected chi connectivity index (χ1v) is 18.1. The Kier molecular flexibility index (Phi) is 9.40. The summed E-state index contributed by atoms with van der Waals surface area (Å²) in [6.45, 7) is 0. The molecule has 260 valence electrons. The van der Waals surface area contributed by atoms with Crippen molar-refractivity contribution in [3.8, 4) is 5.75 Å². The number of anilines is 4. The van der Waals surface area contributed by atoms with Crippen molar-refractivity contribution in [2.45, 2.75) is 34.0 Å². The summed E-state index contributed by atoms with van der Waals surface area (Å²) >= 11 is 3.02. The number of carbonyl (C=O) groups excluding carboxylic acids is 3. The SMILES string of the molecule is CNc1ccc2c(c1)Sc1cc(N(C)C)ccc1N2C(=O)Oc1ccc(CC2=C(C(=O)O)N3C(=O)[C@@H](NC(=O)Cc4ccccc4)[C@H]3SC2)cc1. The van der Waals surface area contributed by atoms with Crippen LogP contribution in [0.1, 0.15) is 11.1 Å². The zero-order valence-electron chi connectivity index (χ0n) is 28.1. The lowest BCUT2D eigenvalue weighted by Crippen LogP contribution is -2.70. The van der Waals surface area contributed by atoms with Gasteiger partial charge in [0.15, 0.2) is 0 Å². The number of β-lactam (4-membered cyclic amide) rings is 1. The number of amides is 3. The second kappa shape index (κ2) is 14.1. The maximum Gasteiger partial charge on any atom is 0.424 e. The van der Waals surface area contributed by atoms with E-state index in [1.54, 1.807) is 40.9 Å². The number of carbonyl (C=O) groups is 4. The van der Waals surface area contributed by atoms with Gasteiger partial charge in [-0.25, -0.2) is 14.5 Å². The van der Waals surface area contributed by atoms with Gasteiger partial charge in [-0.3, -0.25) is 14.5 Å². The number of carboxylic acid groups (broad SMARTS) is 1. The highest BCUT2D eigenvalue weighted by Crippen LogP contribution is 2.50. The van der Waals surface area contributed by atoms with E-state index in [1.807, 2.05) is 92.8 Å². The molecule has 0 bridgehead atoms. The standard InChI is InChI=1S/C38H35N5O6S2/c1-39-25-11-15-28-30(19-25)51-31-20-26(41(2)3)12-16-29(31)42(28)38(48)49-27-13-9-23(10-14-27)17-24-21-50-36-33(35(45)43(36)34(24)37(46)47)40-32(44)18-22-7-5-4-6-8-22/h4-16,19-20,33,36,39H,17-18,21H2,1-3H3,(H,40,44)(H,46,47)/t33-,36-/m1/s1. The number of rotatable bonds is 9. The third-order valence-electron chi connectivity index (χ3n) is 8.91. The Morgan fingerprint density at radius 2 is 1.63 bits per heavy atom. The molecule has 2 atom stereocenters. The van der Waals surface area contributed by atoms with E-state index in [0.717, 1.165) is 38.0 Å². The maximum absolute atomic E-state index is 13.8. The van der Waals surface area contributed by atoms with Gasteiger partial charge in [0.25, 0.3) is 5.91 Å². The minimum absolute atomic E-state index is 0.0491. The molecule has 1 saturated heterocycles. The predicted molar refractivity (Wildman–Crippen MR) is 199 cm³/mol. The molecule has 0 aliphatic carbocycles. The molecule has 3 N–H and O–H groups in total. The van der Waals surface area contributed by atoms with E-state index in [-0.39, 0.29) is 24.4 Å². The van der Waals surface area contributed by atoms with Crippen molar-refractivity contribution >= 4 is 70.2 Å². The van der Waals surface area contributed by atoms with Crippen LogP contribution in [0.2, 0.25) is 0 Å². The second-order valence-electron chi connectivity index (χ2n) is 12.5. The predicted octanol–water partition coefficient (Wildman–Crippen LogP) is 6.12. The number of hydrogen-bond donors (Lipinski definition) is 3. The summed E-state index contributed by atoms with van der Waals surface area (Å²) in [5, 5.41) is 15.6. The smallest absolute Gasteiger partial charge is 0.424 e. The maximum atomic E-state index is 13.8. The van der Waals surface area contributed by atoms with Gasteiger partial charge in [0.2, 0.25) is 5.91 Å². The van der Waals surface area contributed by atoms with E-state index >= 15 is 0 Å². The Bertz CT molecular complexity index is 2070. The van der Waals surface area contributed by atoms with Crippen LogP contribution in [0.3, 0.4) is 0 Å². The summed E-state index contributed by atoms with van der Waals surface area (Å²) in [4.78, 5) is 58.7. The van der Waals surface area contributed by atoms with Gasteiger partial charge in [-0.2, -0.15) is 0 Å². The van der Waals surface area contributed by atoms with Crippen LogP contribution in [-0.4, -0.2) is 72.2 Å². The fraction of sp³-hybridized carbons (Fsp3) is 0.211. The van der Waals surface area contributed by atoms with E-state index in [9.17, 15) is 24.3 Å². The molecule has 1 fully saturated rings. The largest absolute Gasteiger partial charge is 0.477 e. The van der Waals surface area contributed by atoms with Gasteiger partial charge in [0, 0.05) is 48.1 Å². The van der Waals surface area contributed by atoms with Crippen molar-refractivity contribution in [3.63, 3.8) is 0 Å². The number of ether oxygens (including phenoxy) is 1. The summed E-state index contributed by atoms with van der Waals surface area (Å²) in [5.41, 5.74) is 5.53. The number of hydrogen-bond acceptors (Lipinski definition) is 9. The highest BCUT2D eigenvalue weighted by molar-refractivity contribution is 8.00. The zero-order valence-corrected chi connectivity index (χ0v) is 29.7. The van der Waals surface area contributed by atoms with Gasteiger partial charge in [0.1, 0.15) is 22.9 Å². The number of nitrogens with one attached hydrogen (secondary N) is 2.